The van der Waals surface area contributed by atoms with Crippen molar-refractivity contribution in [1.29, 1.82) is 0 Å². The predicted molar refractivity (Wildman–Crippen MR) is 83.2 cm³/mol. The zero-order valence-electron chi connectivity index (χ0n) is 13.6. The second-order valence-electron chi connectivity index (χ2n) is 7.11. The maximum atomic E-state index is 8.57. The Labute approximate surface area is 121 Å². The van der Waals surface area contributed by atoms with Crippen molar-refractivity contribution in [3.05, 3.63) is 39.3 Å². The van der Waals surface area contributed by atoms with Gasteiger partial charge in [0.2, 0.25) is 0 Å². The molecule has 1 rings (SSSR count). The van der Waals surface area contributed by atoms with Crippen LogP contribution in [0, 0.1) is 0 Å². The van der Waals surface area contributed by atoms with Crippen molar-refractivity contribution in [3.63, 3.8) is 0 Å². The van der Waals surface area contributed by atoms with E-state index in [0.29, 0.717) is 6.54 Å². The van der Waals surface area contributed by atoms with E-state index in [4.69, 9.17) is 10.3 Å². The van der Waals surface area contributed by atoms with Crippen LogP contribution in [-0.2, 0) is 17.4 Å². The number of nitrogens with zero attached hydrogens (tertiary/aromatic N) is 3. The van der Waals surface area contributed by atoms with Gasteiger partial charge in [-0.3, -0.25) is 0 Å². The molecular weight excluding hydrogens is 250 g/mol. The highest BCUT2D eigenvalue weighted by Crippen LogP contribution is 2.38. The fourth-order valence-electron chi connectivity index (χ4n) is 2.15. The molecule has 0 spiro atoms. The van der Waals surface area contributed by atoms with E-state index in [1.807, 2.05) is 0 Å². The fourth-order valence-corrected chi connectivity index (χ4v) is 2.15. The molecular formula is C16H25N3O. The summed E-state index contributed by atoms with van der Waals surface area (Å²) in [5, 5.41) is 3.70. The SMILES string of the molecule is COc1c(CN=[N+]=[N-])cc(C(C)(C)C)cc1C(C)(C)C. The normalized spacial score (nSPS) is 11.9. The highest BCUT2D eigenvalue weighted by Gasteiger charge is 2.25. The van der Waals surface area contributed by atoms with Crippen molar-refractivity contribution in [2.24, 2.45) is 5.11 Å². The zero-order chi connectivity index (χ0) is 15.6. The van der Waals surface area contributed by atoms with E-state index in [0.717, 1.165) is 16.9 Å². The second kappa shape index (κ2) is 5.76. The number of hydrogen-bond acceptors (Lipinski definition) is 2. The maximum absolute atomic E-state index is 8.57. The van der Waals surface area contributed by atoms with Gasteiger partial charge in [-0.1, -0.05) is 58.8 Å². The highest BCUT2D eigenvalue weighted by atomic mass is 16.5. The van der Waals surface area contributed by atoms with Gasteiger partial charge >= 0.3 is 0 Å². The van der Waals surface area contributed by atoms with E-state index < -0.39 is 0 Å². The molecule has 0 atom stereocenters. The summed E-state index contributed by atoms with van der Waals surface area (Å²) in [7, 11) is 1.67. The highest BCUT2D eigenvalue weighted by molar-refractivity contribution is 5.49. The molecule has 0 heterocycles. The van der Waals surface area contributed by atoms with Gasteiger partial charge in [0.15, 0.2) is 0 Å². The van der Waals surface area contributed by atoms with Gasteiger partial charge in [0.25, 0.3) is 0 Å². The zero-order valence-corrected chi connectivity index (χ0v) is 13.6. The van der Waals surface area contributed by atoms with Crippen LogP contribution in [0.2, 0.25) is 0 Å². The summed E-state index contributed by atoms with van der Waals surface area (Å²) in [6.45, 7) is 13.3. The number of rotatable bonds is 3. The predicted octanol–water partition coefficient (Wildman–Crippen LogP) is 5.10. The molecule has 0 aliphatic heterocycles. The van der Waals surface area contributed by atoms with Crippen LogP contribution in [0.1, 0.15) is 58.2 Å². The fraction of sp³-hybridized carbons (Fsp3) is 0.625. The van der Waals surface area contributed by atoms with Gasteiger partial charge in [0, 0.05) is 16.0 Å². The van der Waals surface area contributed by atoms with Crippen molar-refractivity contribution in [1.82, 2.24) is 0 Å². The molecule has 0 aliphatic carbocycles. The number of benzene rings is 1. The molecule has 1 aromatic rings. The lowest BCUT2D eigenvalue weighted by Crippen LogP contribution is -2.18. The van der Waals surface area contributed by atoms with Crippen molar-refractivity contribution in [2.75, 3.05) is 7.11 Å². The molecule has 0 amide bonds. The Kier molecular flexibility index (Phi) is 4.72. The number of methoxy groups -OCH3 is 1. The monoisotopic (exact) mass is 275 g/mol. The van der Waals surface area contributed by atoms with Gasteiger partial charge in [-0.2, -0.15) is 0 Å². The Hall–Kier alpha value is -1.67. The summed E-state index contributed by atoms with van der Waals surface area (Å²) < 4.78 is 5.58. The van der Waals surface area contributed by atoms with E-state index in [2.05, 4.69) is 63.7 Å². The third kappa shape index (κ3) is 3.67. The molecule has 0 aliphatic rings. The van der Waals surface area contributed by atoms with Crippen LogP contribution in [-0.4, -0.2) is 7.11 Å². The molecule has 20 heavy (non-hydrogen) atoms. The van der Waals surface area contributed by atoms with Gasteiger partial charge < -0.3 is 4.74 Å². The quantitative estimate of drug-likeness (QED) is 0.430. The summed E-state index contributed by atoms with van der Waals surface area (Å²) >= 11 is 0. The molecule has 0 saturated carbocycles. The van der Waals surface area contributed by atoms with E-state index >= 15 is 0 Å². The second-order valence-corrected chi connectivity index (χ2v) is 7.11. The van der Waals surface area contributed by atoms with E-state index in [-0.39, 0.29) is 10.8 Å². The molecule has 1 aromatic carbocycles. The minimum Gasteiger partial charge on any atom is -0.496 e. The molecule has 0 N–H and O–H groups in total. The molecule has 0 fully saturated rings. The minimum absolute atomic E-state index is 0.0300. The first kappa shape index (κ1) is 16.4. The molecule has 4 nitrogen and oxygen atoms in total. The first-order valence-electron chi connectivity index (χ1n) is 6.84. The Morgan fingerprint density at radius 1 is 1.10 bits per heavy atom. The smallest absolute Gasteiger partial charge is 0.125 e. The van der Waals surface area contributed by atoms with Crippen LogP contribution >= 0.6 is 0 Å². The van der Waals surface area contributed by atoms with Crippen LogP contribution < -0.4 is 4.74 Å². The Morgan fingerprint density at radius 2 is 1.70 bits per heavy atom. The third-order valence-corrected chi connectivity index (χ3v) is 3.35. The average Bonchev–Trinajstić information content (AvgIpc) is 2.32. The van der Waals surface area contributed by atoms with Gasteiger partial charge in [0.1, 0.15) is 5.75 Å². The molecule has 4 heteroatoms. The van der Waals surface area contributed by atoms with E-state index in [1.165, 1.54) is 5.56 Å². The van der Waals surface area contributed by atoms with Crippen LogP contribution in [0.15, 0.2) is 17.2 Å². The summed E-state index contributed by atoms with van der Waals surface area (Å²) in [5.74, 6) is 0.831. The van der Waals surface area contributed by atoms with Gasteiger partial charge in [-0.25, -0.2) is 0 Å². The molecule has 0 bridgehead atoms. The van der Waals surface area contributed by atoms with Crippen molar-refractivity contribution < 1.29 is 4.74 Å². The Balaban J connectivity index is 3.60. The van der Waals surface area contributed by atoms with Crippen molar-refractivity contribution >= 4 is 0 Å². The lowest BCUT2D eigenvalue weighted by atomic mass is 9.79. The van der Waals surface area contributed by atoms with Crippen LogP contribution in [0.5, 0.6) is 5.75 Å². The summed E-state index contributed by atoms with van der Waals surface area (Å²) in [6.07, 6.45) is 0. The summed E-state index contributed by atoms with van der Waals surface area (Å²) in [4.78, 5) is 2.86. The maximum Gasteiger partial charge on any atom is 0.125 e. The number of hydrogen-bond donors (Lipinski definition) is 0. The Morgan fingerprint density at radius 3 is 2.10 bits per heavy atom. The molecule has 0 radical (unpaired) electrons. The van der Waals surface area contributed by atoms with E-state index in [9.17, 15) is 0 Å². The van der Waals surface area contributed by atoms with E-state index in [1.54, 1.807) is 7.11 Å². The number of ether oxygens (including phenoxy) is 1. The third-order valence-electron chi connectivity index (χ3n) is 3.35. The minimum atomic E-state index is -0.0300. The van der Waals surface area contributed by atoms with Crippen LogP contribution in [0.3, 0.4) is 0 Å². The average molecular weight is 275 g/mol. The van der Waals surface area contributed by atoms with Gasteiger partial charge in [-0.05, 0) is 21.9 Å². The van der Waals surface area contributed by atoms with Gasteiger partial charge in [-0.15, -0.1) is 0 Å². The molecule has 0 unspecified atom stereocenters. The standard InChI is InChI=1S/C16H25N3O/c1-15(2,3)12-8-11(10-18-19-17)14(20-7)13(9-12)16(4,5)6/h8-9H,10H2,1-7H3. The number of azide groups is 1. The summed E-state index contributed by atoms with van der Waals surface area (Å²) in [5.41, 5.74) is 11.9. The molecule has 110 valence electrons. The molecule has 0 saturated heterocycles. The lowest BCUT2D eigenvalue weighted by molar-refractivity contribution is 0.391. The van der Waals surface area contributed by atoms with Crippen molar-refractivity contribution in [3.8, 4) is 5.75 Å². The van der Waals surface area contributed by atoms with Crippen LogP contribution in [0.25, 0.3) is 10.4 Å². The first-order chi connectivity index (χ1) is 9.11. The first-order valence-corrected chi connectivity index (χ1v) is 6.84. The molecule has 0 aromatic heterocycles. The topological polar surface area (TPSA) is 58.0 Å². The lowest BCUT2D eigenvalue weighted by Gasteiger charge is -2.28. The van der Waals surface area contributed by atoms with Crippen LogP contribution in [0.4, 0.5) is 0 Å². The largest absolute Gasteiger partial charge is 0.496 e. The van der Waals surface area contributed by atoms with Gasteiger partial charge in [0.05, 0.1) is 13.7 Å². The Bertz CT molecular complexity index is 530. The summed E-state index contributed by atoms with van der Waals surface area (Å²) in [6, 6.07) is 4.29. The van der Waals surface area contributed by atoms with Crippen molar-refractivity contribution in [2.45, 2.75) is 58.9 Å².